The van der Waals surface area contributed by atoms with Gasteiger partial charge in [-0.25, -0.2) is 4.79 Å². The van der Waals surface area contributed by atoms with Gasteiger partial charge in [0, 0.05) is 19.1 Å². The predicted octanol–water partition coefficient (Wildman–Crippen LogP) is 4.04. The molecule has 4 nitrogen and oxygen atoms in total. The lowest BCUT2D eigenvalue weighted by atomic mass is 10.0. The molecule has 0 aromatic rings. The van der Waals surface area contributed by atoms with Gasteiger partial charge in [-0.15, -0.1) is 0 Å². The zero-order valence-corrected chi connectivity index (χ0v) is 14.6. The Morgan fingerprint density at radius 3 is 1.95 bits per heavy atom. The summed E-state index contributed by atoms with van der Waals surface area (Å²) in [7, 11) is 0. The second-order valence-corrected chi connectivity index (χ2v) is 6.81. The number of carbonyl (C=O) groups excluding carboxylic acids is 1. The van der Waals surface area contributed by atoms with Crippen LogP contribution in [0.2, 0.25) is 0 Å². The van der Waals surface area contributed by atoms with E-state index in [1.165, 1.54) is 70.8 Å². The standard InChI is InChI=1S/C18H37N3O/c1-2-3-4-5-6-7-8-9-10-11-14-21-15-12-17(13-16-21)20-18(19)22/h17H,2-16H2,1H3,(H3,19,20,22). The molecule has 4 heteroatoms. The maximum atomic E-state index is 10.8. The quantitative estimate of drug-likeness (QED) is 0.534. The second kappa shape index (κ2) is 12.7. The van der Waals surface area contributed by atoms with Crippen LogP contribution in [-0.4, -0.2) is 36.6 Å². The van der Waals surface area contributed by atoms with E-state index in [9.17, 15) is 4.79 Å². The maximum Gasteiger partial charge on any atom is 0.312 e. The highest BCUT2D eigenvalue weighted by molar-refractivity contribution is 5.71. The molecule has 1 rings (SSSR count). The SMILES string of the molecule is CCCCCCCCCCCCN1CCC(NC(N)=O)CC1. The van der Waals surface area contributed by atoms with Crippen LogP contribution in [0.15, 0.2) is 0 Å². The van der Waals surface area contributed by atoms with Crippen LogP contribution in [0.5, 0.6) is 0 Å². The summed E-state index contributed by atoms with van der Waals surface area (Å²) in [5.41, 5.74) is 5.17. The average Bonchev–Trinajstić information content (AvgIpc) is 2.50. The summed E-state index contributed by atoms with van der Waals surface area (Å²) in [4.78, 5) is 13.3. The molecule has 1 saturated heterocycles. The molecule has 0 aromatic carbocycles. The predicted molar refractivity (Wildman–Crippen MR) is 94.0 cm³/mol. The number of unbranched alkanes of at least 4 members (excludes halogenated alkanes) is 9. The van der Waals surface area contributed by atoms with Gasteiger partial charge in [-0.2, -0.15) is 0 Å². The van der Waals surface area contributed by atoms with E-state index < -0.39 is 0 Å². The number of urea groups is 1. The van der Waals surface area contributed by atoms with Crippen molar-refractivity contribution in [3.63, 3.8) is 0 Å². The molecule has 1 aliphatic heterocycles. The lowest BCUT2D eigenvalue weighted by Crippen LogP contribution is -2.46. The first-order valence-corrected chi connectivity index (χ1v) is 9.50. The Labute approximate surface area is 137 Å². The van der Waals surface area contributed by atoms with Gasteiger partial charge in [0.1, 0.15) is 0 Å². The molecule has 0 aromatic heterocycles. The third kappa shape index (κ3) is 10.0. The minimum absolute atomic E-state index is 0.293. The summed E-state index contributed by atoms with van der Waals surface area (Å²) in [6, 6.07) is -0.0883. The highest BCUT2D eigenvalue weighted by Gasteiger charge is 2.19. The Morgan fingerprint density at radius 2 is 1.45 bits per heavy atom. The van der Waals surface area contributed by atoms with Crippen molar-refractivity contribution < 1.29 is 4.79 Å². The number of likely N-dealkylation sites (tertiary alicyclic amines) is 1. The van der Waals surface area contributed by atoms with Gasteiger partial charge < -0.3 is 16.0 Å². The molecule has 3 N–H and O–H groups in total. The van der Waals surface area contributed by atoms with E-state index in [-0.39, 0.29) is 6.03 Å². The van der Waals surface area contributed by atoms with Crippen LogP contribution in [0.3, 0.4) is 0 Å². The van der Waals surface area contributed by atoms with Crippen LogP contribution in [0, 0.1) is 0 Å². The smallest absolute Gasteiger partial charge is 0.312 e. The average molecular weight is 312 g/mol. The largest absolute Gasteiger partial charge is 0.352 e. The van der Waals surface area contributed by atoms with Gasteiger partial charge in [-0.1, -0.05) is 64.7 Å². The van der Waals surface area contributed by atoms with Gasteiger partial charge >= 0.3 is 6.03 Å². The number of nitrogens with one attached hydrogen (secondary N) is 1. The zero-order chi connectivity index (χ0) is 16.0. The van der Waals surface area contributed by atoms with Crippen LogP contribution in [0.1, 0.15) is 84.0 Å². The number of nitrogens with zero attached hydrogens (tertiary/aromatic N) is 1. The van der Waals surface area contributed by atoms with E-state index in [4.69, 9.17) is 5.73 Å². The van der Waals surface area contributed by atoms with Crippen LogP contribution in [0.25, 0.3) is 0 Å². The third-order valence-electron chi connectivity index (χ3n) is 4.76. The van der Waals surface area contributed by atoms with Gasteiger partial charge in [-0.05, 0) is 25.8 Å². The first kappa shape index (κ1) is 19.3. The van der Waals surface area contributed by atoms with Gasteiger partial charge in [-0.3, -0.25) is 0 Å². The van der Waals surface area contributed by atoms with E-state index in [2.05, 4.69) is 17.1 Å². The molecular weight excluding hydrogens is 274 g/mol. The number of primary amides is 1. The van der Waals surface area contributed by atoms with Crippen molar-refractivity contribution in [1.82, 2.24) is 10.2 Å². The molecule has 0 atom stereocenters. The summed E-state index contributed by atoms with van der Waals surface area (Å²) >= 11 is 0. The fourth-order valence-corrected chi connectivity index (χ4v) is 3.32. The fourth-order valence-electron chi connectivity index (χ4n) is 3.32. The van der Waals surface area contributed by atoms with E-state index in [0.717, 1.165) is 25.9 Å². The molecular formula is C18H37N3O. The van der Waals surface area contributed by atoms with Crippen LogP contribution in [0.4, 0.5) is 4.79 Å². The molecule has 0 unspecified atom stereocenters. The number of nitrogens with two attached hydrogens (primary N) is 1. The Morgan fingerprint density at radius 1 is 0.955 bits per heavy atom. The van der Waals surface area contributed by atoms with Crippen molar-refractivity contribution >= 4 is 6.03 Å². The Hall–Kier alpha value is -0.770. The number of amides is 2. The summed E-state index contributed by atoms with van der Waals surface area (Å²) < 4.78 is 0. The Balaban J connectivity index is 1.84. The van der Waals surface area contributed by atoms with Crippen LogP contribution < -0.4 is 11.1 Å². The highest BCUT2D eigenvalue weighted by Crippen LogP contribution is 2.13. The molecule has 0 aliphatic carbocycles. The second-order valence-electron chi connectivity index (χ2n) is 6.81. The molecule has 0 bridgehead atoms. The zero-order valence-electron chi connectivity index (χ0n) is 14.6. The minimum Gasteiger partial charge on any atom is -0.352 e. The van der Waals surface area contributed by atoms with Crippen LogP contribution >= 0.6 is 0 Å². The molecule has 1 fully saturated rings. The lowest BCUT2D eigenvalue weighted by molar-refractivity contribution is 0.192. The van der Waals surface area contributed by atoms with E-state index in [1.54, 1.807) is 0 Å². The Bertz CT molecular complexity index is 276. The van der Waals surface area contributed by atoms with Gasteiger partial charge in [0.15, 0.2) is 0 Å². The number of carbonyl (C=O) groups is 1. The number of hydrogen-bond donors (Lipinski definition) is 2. The van der Waals surface area contributed by atoms with Crippen molar-refractivity contribution in [2.45, 2.75) is 90.0 Å². The van der Waals surface area contributed by atoms with Crippen molar-refractivity contribution in [1.29, 1.82) is 0 Å². The molecule has 0 radical (unpaired) electrons. The topological polar surface area (TPSA) is 58.4 Å². The summed E-state index contributed by atoms with van der Waals surface area (Å²) in [6.07, 6.45) is 16.1. The Kier molecular flexibility index (Phi) is 11.2. The maximum absolute atomic E-state index is 10.8. The number of hydrogen-bond acceptors (Lipinski definition) is 2. The molecule has 2 amide bonds. The molecule has 130 valence electrons. The van der Waals surface area contributed by atoms with Crippen molar-refractivity contribution in [2.75, 3.05) is 19.6 Å². The summed E-state index contributed by atoms with van der Waals surface area (Å²) in [6.45, 7) is 5.70. The summed E-state index contributed by atoms with van der Waals surface area (Å²) in [5, 5.41) is 2.82. The lowest BCUT2D eigenvalue weighted by Gasteiger charge is -2.31. The normalized spacial score (nSPS) is 16.8. The van der Waals surface area contributed by atoms with Crippen LogP contribution in [-0.2, 0) is 0 Å². The number of piperidine rings is 1. The van der Waals surface area contributed by atoms with E-state index in [0.29, 0.717) is 6.04 Å². The molecule has 22 heavy (non-hydrogen) atoms. The first-order chi connectivity index (χ1) is 10.7. The molecule has 1 aliphatic rings. The van der Waals surface area contributed by atoms with Crippen molar-refractivity contribution in [3.05, 3.63) is 0 Å². The van der Waals surface area contributed by atoms with Gasteiger partial charge in [0.25, 0.3) is 0 Å². The van der Waals surface area contributed by atoms with Crippen molar-refractivity contribution in [3.8, 4) is 0 Å². The summed E-state index contributed by atoms with van der Waals surface area (Å²) in [5.74, 6) is 0. The first-order valence-electron chi connectivity index (χ1n) is 9.50. The minimum atomic E-state index is -0.381. The molecule has 1 heterocycles. The van der Waals surface area contributed by atoms with Gasteiger partial charge in [0.2, 0.25) is 0 Å². The molecule has 0 spiro atoms. The van der Waals surface area contributed by atoms with E-state index in [1.807, 2.05) is 0 Å². The number of rotatable bonds is 12. The highest BCUT2D eigenvalue weighted by atomic mass is 16.2. The van der Waals surface area contributed by atoms with Crippen molar-refractivity contribution in [2.24, 2.45) is 5.73 Å². The monoisotopic (exact) mass is 311 g/mol. The third-order valence-corrected chi connectivity index (χ3v) is 4.76. The molecule has 0 saturated carbocycles. The van der Waals surface area contributed by atoms with E-state index >= 15 is 0 Å². The fraction of sp³-hybridized carbons (Fsp3) is 0.944. The van der Waals surface area contributed by atoms with Gasteiger partial charge in [0.05, 0.1) is 0 Å².